The average Bonchev–Trinajstić information content (AvgIpc) is 3.52. The highest BCUT2D eigenvalue weighted by Crippen LogP contribution is 2.42. The molecule has 2 atom stereocenters. The molecule has 0 radical (unpaired) electrons. The first-order chi connectivity index (χ1) is 13.2. The number of anilines is 3. The summed E-state index contributed by atoms with van der Waals surface area (Å²) >= 11 is 0. The number of halogens is 3. The summed E-state index contributed by atoms with van der Waals surface area (Å²) in [5.74, 6) is -0.610. The lowest BCUT2D eigenvalue weighted by Gasteiger charge is -2.18. The van der Waals surface area contributed by atoms with Crippen molar-refractivity contribution < 1.29 is 13.2 Å². The van der Waals surface area contributed by atoms with E-state index in [1.54, 1.807) is 0 Å². The Hall–Kier alpha value is -3.16. The van der Waals surface area contributed by atoms with Crippen molar-refractivity contribution in [1.82, 2.24) is 19.7 Å². The molecule has 2 aliphatic rings. The van der Waals surface area contributed by atoms with Crippen molar-refractivity contribution >= 4 is 17.5 Å². The molecular formula is C17H16F3N7O. The Labute approximate surface area is 157 Å². The van der Waals surface area contributed by atoms with Gasteiger partial charge in [0.1, 0.15) is 11.4 Å². The van der Waals surface area contributed by atoms with Crippen molar-refractivity contribution in [3.8, 4) is 6.07 Å². The van der Waals surface area contributed by atoms with Crippen molar-refractivity contribution in [3.05, 3.63) is 34.4 Å². The van der Waals surface area contributed by atoms with E-state index >= 15 is 0 Å². The minimum atomic E-state index is -4.59. The Bertz CT molecular complexity index is 1020. The van der Waals surface area contributed by atoms with Gasteiger partial charge in [0.15, 0.2) is 0 Å². The SMILES string of the molecule is CC1(Nc2nc(Nc3cnn(C4CC4C#N)c(=O)c3)ncc2C(F)(F)F)CC1. The zero-order valence-electron chi connectivity index (χ0n) is 14.8. The van der Waals surface area contributed by atoms with Crippen LogP contribution in [0.2, 0.25) is 0 Å². The van der Waals surface area contributed by atoms with Gasteiger partial charge in [-0.15, -0.1) is 0 Å². The van der Waals surface area contributed by atoms with Crippen LogP contribution < -0.4 is 16.2 Å². The van der Waals surface area contributed by atoms with Crippen LogP contribution in [-0.2, 0) is 6.18 Å². The van der Waals surface area contributed by atoms with Gasteiger partial charge in [0.25, 0.3) is 5.56 Å². The number of hydrogen-bond acceptors (Lipinski definition) is 7. The standard InChI is InChI=1S/C17H16F3N7O/c1-16(2-3-16)26-14-11(17(18,19)20)8-22-15(25-14)24-10-5-13(28)27(23-7-10)12-4-9(12)6-21/h5,7-9,12H,2-4H2,1H3,(H2,22,24,25,26). The second-order valence-electron chi connectivity index (χ2n) is 7.33. The summed E-state index contributed by atoms with van der Waals surface area (Å²) in [6.07, 6.45) is -0.444. The molecule has 0 spiro atoms. The maximum atomic E-state index is 13.2. The molecule has 28 heavy (non-hydrogen) atoms. The molecule has 0 saturated heterocycles. The van der Waals surface area contributed by atoms with Gasteiger partial charge >= 0.3 is 6.18 Å². The maximum absolute atomic E-state index is 13.2. The average molecular weight is 391 g/mol. The van der Waals surface area contributed by atoms with Crippen molar-refractivity contribution in [2.45, 2.75) is 43.9 Å². The second kappa shape index (κ2) is 6.19. The summed E-state index contributed by atoms with van der Waals surface area (Å²) < 4.78 is 40.9. The molecule has 2 unspecified atom stereocenters. The third-order valence-electron chi connectivity index (χ3n) is 4.83. The van der Waals surface area contributed by atoms with Crippen molar-refractivity contribution in [1.29, 1.82) is 5.26 Å². The number of nitriles is 1. The van der Waals surface area contributed by atoms with E-state index < -0.39 is 22.8 Å². The summed E-state index contributed by atoms with van der Waals surface area (Å²) in [6, 6.07) is 3.10. The zero-order valence-corrected chi connectivity index (χ0v) is 14.8. The van der Waals surface area contributed by atoms with Gasteiger partial charge in [0.2, 0.25) is 5.95 Å². The Morgan fingerprint density at radius 1 is 1.36 bits per heavy atom. The van der Waals surface area contributed by atoms with Crippen LogP contribution in [-0.4, -0.2) is 25.3 Å². The van der Waals surface area contributed by atoms with Crippen LogP contribution in [0.25, 0.3) is 0 Å². The van der Waals surface area contributed by atoms with Crippen LogP contribution >= 0.6 is 0 Å². The fourth-order valence-corrected chi connectivity index (χ4v) is 2.80. The first kappa shape index (κ1) is 18.2. The van der Waals surface area contributed by atoms with Gasteiger partial charge in [-0.1, -0.05) is 0 Å². The molecule has 2 N–H and O–H groups in total. The molecule has 2 aromatic heterocycles. The van der Waals surface area contributed by atoms with Crippen molar-refractivity contribution in [2.75, 3.05) is 10.6 Å². The topological polar surface area (TPSA) is 109 Å². The minimum absolute atomic E-state index is 0.0833. The van der Waals surface area contributed by atoms with E-state index in [0.717, 1.165) is 12.8 Å². The van der Waals surface area contributed by atoms with Crippen LogP contribution in [0.3, 0.4) is 0 Å². The molecule has 146 valence electrons. The Balaban J connectivity index is 1.58. The molecule has 11 heteroatoms. The molecule has 0 amide bonds. The van der Waals surface area contributed by atoms with E-state index in [9.17, 15) is 18.0 Å². The van der Waals surface area contributed by atoms with E-state index in [4.69, 9.17) is 5.26 Å². The summed E-state index contributed by atoms with van der Waals surface area (Å²) in [7, 11) is 0. The predicted octanol–water partition coefficient (Wildman–Crippen LogP) is 2.84. The van der Waals surface area contributed by atoms with E-state index in [-0.39, 0.29) is 29.4 Å². The Morgan fingerprint density at radius 3 is 2.68 bits per heavy atom. The van der Waals surface area contributed by atoms with Crippen molar-refractivity contribution in [3.63, 3.8) is 0 Å². The molecule has 0 aromatic carbocycles. The van der Waals surface area contributed by atoms with Crippen LogP contribution in [0.4, 0.5) is 30.6 Å². The molecule has 2 fully saturated rings. The fourth-order valence-electron chi connectivity index (χ4n) is 2.80. The summed E-state index contributed by atoms with van der Waals surface area (Å²) in [5, 5.41) is 18.4. The highest BCUT2D eigenvalue weighted by molar-refractivity contribution is 5.56. The van der Waals surface area contributed by atoms with Gasteiger partial charge in [-0.25, -0.2) is 9.67 Å². The molecular weight excluding hydrogens is 375 g/mol. The quantitative estimate of drug-likeness (QED) is 0.807. The van der Waals surface area contributed by atoms with Gasteiger partial charge in [-0.05, 0) is 26.2 Å². The third kappa shape index (κ3) is 3.62. The Kier molecular flexibility index (Phi) is 4.02. The molecule has 0 aliphatic heterocycles. The molecule has 2 aliphatic carbocycles. The summed E-state index contributed by atoms with van der Waals surface area (Å²) in [4.78, 5) is 19.8. The van der Waals surface area contributed by atoms with E-state index in [2.05, 4.69) is 31.8 Å². The van der Waals surface area contributed by atoms with Gasteiger partial charge in [-0.2, -0.15) is 28.5 Å². The maximum Gasteiger partial charge on any atom is 0.421 e. The number of alkyl halides is 3. The molecule has 2 heterocycles. The first-order valence-corrected chi connectivity index (χ1v) is 8.66. The molecule has 0 bridgehead atoms. The van der Waals surface area contributed by atoms with Crippen LogP contribution in [0.1, 0.15) is 37.8 Å². The van der Waals surface area contributed by atoms with Gasteiger partial charge < -0.3 is 10.6 Å². The lowest BCUT2D eigenvalue weighted by Crippen LogP contribution is -2.23. The molecule has 2 aromatic rings. The summed E-state index contributed by atoms with van der Waals surface area (Å²) in [6.45, 7) is 1.82. The number of hydrogen-bond donors (Lipinski definition) is 2. The van der Waals surface area contributed by atoms with E-state index in [1.807, 2.05) is 6.92 Å². The van der Waals surface area contributed by atoms with E-state index in [0.29, 0.717) is 12.6 Å². The number of nitrogens with zero attached hydrogens (tertiary/aromatic N) is 5. The van der Waals surface area contributed by atoms with Crippen LogP contribution in [0.5, 0.6) is 0 Å². The lowest BCUT2D eigenvalue weighted by molar-refractivity contribution is -0.137. The van der Waals surface area contributed by atoms with E-state index in [1.165, 1.54) is 16.9 Å². The smallest absolute Gasteiger partial charge is 0.364 e. The first-order valence-electron chi connectivity index (χ1n) is 8.66. The number of aromatic nitrogens is 4. The summed E-state index contributed by atoms with van der Waals surface area (Å²) in [5.41, 5.74) is -1.52. The third-order valence-corrected chi connectivity index (χ3v) is 4.83. The van der Waals surface area contributed by atoms with Crippen LogP contribution in [0.15, 0.2) is 23.3 Å². The van der Waals surface area contributed by atoms with Gasteiger partial charge in [0.05, 0.1) is 29.9 Å². The number of nitrogens with one attached hydrogen (secondary N) is 2. The van der Waals surface area contributed by atoms with Crippen LogP contribution in [0, 0.1) is 17.2 Å². The van der Waals surface area contributed by atoms with Gasteiger partial charge in [0, 0.05) is 17.8 Å². The zero-order chi connectivity index (χ0) is 20.1. The lowest BCUT2D eigenvalue weighted by atomic mass is 10.2. The van der Waals surface area contributed by atoms with Gasteiger partial charge in [-0.3, -0.25) is 4.79 Å². The normalized spacial score (nSPS) is 22.2. The monoisotopic (exact) mass is 391 g/mol. The Morgan fingerprint density at radius 2 is 2.11 bits per heavy atom. The molecule has 8 nitrogen and oxygen atoms in total. The number of rotatable bonds is 5. The second-order valence-corrected chi connectivity index (χ2v) is 7.33. The fraction of sp³-hybridized carbons (Fsp3) is 0.471. The molecule has 4 rings (SSSR count). The highest BCUT2D eigenvalue weighted by Gasteiger charge is 2.42. The largest absolute Gasteiger partial charge is 0.421 e. The molecule has 2 saturated carbocycles. The highest BCUT2D eigenvalue weighted by atomic mass is 19.4. The minimum Gasteiger partial charge on any atom is -0.364 e. The predicted molar refractivity (Wildman–Crippen MR) is 92.8 cm³/mol. The van der Waals surface area contributed by atoms with Crippen molar-refractivity contribution in [2.24, 2.45) is 5.92 Å².